The number of piperidine rings is 1. The van der Waals surface area contributed by atoms with Crippen LogP contribution >= 0.6 is 11.6 Å². The lowest BCUT2D eigenvalue weighted by Gasteiger charge is -2.40. The molecule has 2 N–H and O–H groups in total. The van der Waals surface area contributed by atoms with E-state index in [-0.39, 0.29) is 13.3 Å². The number of methoxy groups -OCH3 is 1. The van der Waals surface area contributed by atoms with E-state index in [9.17, 15) is 13.2 Å². The predicted octanol–water partition coefficient (Wildman–Crippen LogP) is 6.73. The van der Waals surface area contributed by atoms with Crippen LogP contribution in [-0.2, 0) is 14.9 Å². The molecule has 0 bridgehead atoms. The third-order valence-electron chi connectivity index (χ3n) is 8.80. The van der Waals surface area contributed by atoms with Crippen molar-refractivity contribution >= 4 is 11.6 Å². The van der Waals surface area contributed by atoms with Crippen LogP contribution in [0.3, 0.4) is 0 Å². The van der Waals surface area contributed by atoms with Crippen molar-refractivity contribution in [1.82, 2.24) is 15.5 Å². The number of alkyl halides is 3. The molecule has 1 saturated heterocycles. The minimum atomic E-state index is -4.24. The van der Waals surface area contributed by atoms with Gasteiger partial charge < -0.3 is 19.7 Å². The molecule has 1 aliphatic heterocycles. The molecule has 5 rings (SSSR count). The van der Waals surface area contributed by atoms with Crippen LogP contribution < -0.4 is 10.6 Å². The Kier molecular flexibility index (Phi) is 10.1. The Morgan fingerprint density at radius 1 is 1.00 bits per heavy atom. The topological polar surface area (TPSA) is 45.8 Å². The average Bonchev–Trinajstić information content (AvgIpc) is 3.24. The number of halogens is 4. The first kappa shape index (κ1) is 31.2. The normalized spacial score (nSPS) is 22.2. The van der Waals surface area contributed by atoms with E-state index in [0.29, 0.717) is 17.5 Å². The van der Waals surface area contributed by atoms with Crippen molar-refractivity contribution in [2.75, 3.05) is 46.6 Å². The van der Waals surface area contributed by atoms with E-state index in [1.165, 1.54) is 0 Å². The number of hydrogen-bond acceptors (Lipinski definition) is 5. The van der Waals surface area contributed by atoms with Crippen LogP contribution in [0.25, 0.3) is 11.1 Å². The van der Waals surface area contributed by atoms with E-state index in [4.69, 9.17) is 21.1 Å². The highest BCUT2D eigenvalue weighted by Gasteiger charge is 2.43. The lowest BCUT2D eigenvalue weighted by atomic mass is 9.74. The summed E-state index contributed by atoms with van der Waals surface area (Å²) in [6.07, 6.45) is 7.00. The van der Waals surface area contributed by atoms with E-state index >= 15 is 0 Å². The number of hydrogen-bond donors (Lipinski definition) is 2. The van der Waals surface area contributed by atoms with E-state index in [2.05, 4.69) is 39.8 Å². The SMILES string of the molecule is COCOC1(NC2CCN(CCCCC3(CNCC(F)(F)F)c4ccccc4-c4ccccc43)CC2)C=C(Cl)C=CC1. The van der Waals surface area contributed by atoms with Gasteiger partial charge in [-0.1, -0.05) is 72.6 Å². The Morgan fingerprint density at radius 3 is 2.29 bits per heavy atom. The number of unbranched alkanes of at least 4 members (excludes halogenated alkanes) is 1. The first-order valence-electron chi connectivity index (χ1n) is 14.9. The molecule has 2 aromatic carbocycles. The van der Waals surface area contributed by atoms with Crippen LogP contribution in [0.4, 0.5) is 13.2 Å². The van der Waals surface area contributed by atoms with Crippen LogP contribution in [0.2, 0.25) is 0 Å². The molecule has 0 amide bonds. The maximum atomic E-state index is 13.1. The Balaban J connectivity index is 1.17. The maximum absolute atomic E-state index is 13.1. The first-order valence-corrected chi connectivity index (χ1v) is 15.3. The summed E-state index contributed by atoms with van der Waals surface area (Å²) in [6, 6.07) is 16.7. The molecule has 2 aliphatic carbocycles. The van der Waals surface area contributed by atoms with Crippen LogP contribution in [0.15, 0.2) is 71.8 Å². The number of benzene rings is 2. The fourth-order valence-corrected chi connectivity index (χ4v) is 7.14. The van der Waals surface area contributed by atoms with Crippen molar-refractivity contribution in [3.05, 3.63) is 82.9 Å². The van der Waals surface area contributed by atoms with Gasteiger partial charge in [-0.2, -0.15) is 13.2 Å². The summed E-state index contributed by atoms with van der Waals surface area (Å²) in [5.74, 6) is 0. The summed E-state index contributed by atoms with van der Waals surface area (Å²) >= 11 is 6.30. The second kappa shape index (κ2) is 13.6. The summed E-state index contributed by atoms with van der Waals surface area (Å²) in [6.45, 7) is 2.39. The predicted molar refractivity (Wildman–Crippen MR) is 161 cm³/mol. The summed E-state index contributed by atoms with van der Waals surface area (Å²) in [7, 11) is 1.61. The van der Waals surface area contributed by atoms with Crippen molar-refractivity contribution in [3.63, 3.8) is 0 Å². The number of rotatable bonds is 13. The van der Waals surface area contributed by atoms with E-state index in [1.807, 2.05) is 42.5 Å². The van der Waals surface area contributed by atoms with Gasteiger partial charge in [0.1, 0.15) is 12.5 Å². The Labute approximate surface area is 252 Å². The zero-order chi connectivity index (χ0) is 29.6. The molecular weight excluding hydrogens is 563 g/mol. The Morgan fingerprint density at radius 2 is 1.67 bits per heavy atom. The van der Waals surface area contributed by atoms with Gasteiger partial charge in [0.15, 0.2) is 0 Å². The number of allylic oxidation sites excluding steroid dienone is 2. The molecule has 1 heterocycles. The van der Waals surface area contributed by atoms with Crippen molar-refractivity contribution in [2.24, 2.45) is 0 Å². The third-order valence-corrected chi connectivity index (χ3v) is 9.03. The molecule has 1 fully saturated rings. The molecule has 0 aromatic heterocycles. The van der Waals surface area contributed by atoms with Gasteiger partial charge in [0, 0.05) is 36.6 Å². The Bertz CT molecular complexity index is 1210. The molecule has 3 aliphatic rings. The van der Waals surface area contributed by atoms with Gasteiger partial charge in [0.25, 0.3) is 0 Å². The van der Waals surface area contributed by atoms with Crippen LogP contribution in [-0.4, -0.2) is 69.5 Å². The van der Waals surface area contributed by atoms with Crippen LogP contribution in [0.1, 0.15) is 49.7 Å². The highest BCUT2D eigenvalue weighted by Crippen LogP contribution is 2.51. The monoisotopic (exact) mass is 603 g/mol. The van der Waals surface area contributed by atoms with Gasteiger partial charge >= 0.3 is 6.18 Å². The minimum Gasteiger partial charge on any atom is -0.359 e. The van der Waals surface area contributed by atoms with Gasteiger partial charge in [0.2, 0.25) is 0 Å². The van der Waals surface area contributed by atoms with E-state index in [1.54, 1.807) is 7.11 Å². The molecule has 1 atom stereocenters. The van der Waals surface area contributed by atoms with E-state index in [0.717, 1.165) is 74.0 Å². The molecule has 42 heavy (non-hydrogen) atoms. The van der Waals surface area contributed by atoms with E-state index < -0.39 is 23.9 Å². The van der Waals surface area contributed by atoms with Crippen LogP contribution in [0, 0.1) is 0 Å². The molecule has 9 heteroatoms. The van der Waals surface area contributed by atoms with Crippen LogP contribution in [0.5, 0.6) is 0 Å². The lowest BCUT2D eigenvalue weighted by molar-refractivity contribution is -0.127. The van der Waals surface area contributed by atoms with Crippen molar-refractivity contribution in [2.45, 2.75) is 61.9 Å². The number of ether oxygens (including phenoxy) is 2. The quantitative estimate of drug-likeness (QED) is 0.196. The van der Waals surface area contributed by atoms with Gasteiger partial charge in [-0.15, -0.1) is 0 Å². The third kappa shape index (κ3) is 7.29. The fraction of sp³-hybridized carbons (Fsp3) is 0.515. The summed E-state index contributed by atoms with van der Waals surface area (Å²) in [5.41, 5.74) is 3.39. The second-order valence-corrected chi connectivity index (χ2v) is 12.1. The summed E-state index contributed by atoms with van der Waals surface area (Å²) in [4.78, 5) is 2.50. The number of likely N-dealkylation sites (tertiary alicyclic amines) is 1. The van der Waals surface area contributed by atoms with Gasteiger partial charge in [-0.05, 0) is 79.7 Å². The number of nitrogens with one attached hydrogen (secondary N) is 2. The summed E-state index contributed by atoms with van der Waals surface area (Å²) < 4.78 is 50.5. The number of fused-ring (bicyclic) bond motifs is 3. The summed E-state index contributed by atoms with van der Waals surface area (Å²) in [5, 5.41) is 7.10. The number of nitrogens with zero attached hydrogens (tertiary/aromatic N) is 1. The second-order valence-electron chi connectivity index (χ2n) is 11.7. The van der Waals surface area contributed by atoms with Gasteiger partial charge in [0.05, 0.1) is 6.54 Å². The molecule has 0 saturated carbocycles. The average molecular weight is 604 g/mol. The minimum absolute atomic E-state index is 0.183. The smallest absolute Gasteiger partial charge is 0.359 e. The molecule has 228 valence electrons. The first-order chi connectivity index (χ1) is 20.2. The molecular formula is C33H41ClF3N3O2. The largest absolute Gasteiger partial charge is 0.401 e. The van der Waals surface area contributed by atoms with Gasteiger partial charge in [-0.25, -0.2) is 0 Å². The molecule has 0 radical (unpaired) electrons. The zero-order valence-corrected chi connectivity index (χ0v) is 24.9. The fourth-order valence-electron chi connectivity index (χ4n) is 6.87. The highest BCUT2D eigenvalue weighted by molar-refractivity contribution is 6.31. The molecule has 1 unspecified atom stereocenters. The Hall–Kier alpha value is -2.20. The zero-order valence-electron chi connectivity index (χ0n) is 24.2. The lowest BCUT2D eigenvalue weighted by Crippen LogP contribution is -2.54. The van der Waals surface area contributed by atoms with Crippen molar-refractivity contribution in [3.8, 4) is 11.1 Å². The standard InChI is InChI=1S/C33H41ClF3N3O2/c1-41-24-42-32(17-8-9-25(34)21-32)39-26-14-19-40(20-15-26)18-7-6-16-31(22-38-23-33(35,36)37)29-12-4-2-10-27(29)28-11-3-5-13-30(28)31/h2-5,8-13,21,26,38-39H,6-7,14-20,22-24H2,1H3. The molecule has 2 aromatic rings. The maximum Gasteiger partial charge on any atom is 0.401 e. The molecule has 0 spiro atoms. The van der Waals surface area contributed by atoms with Crippen molar-refractivity contribution in [1.29, 1.82) is 0 Å². The van der Waals surface area contributed by atoms with Gasteiger partial charge in [-0.3, -0.25) is 5.32 Å². The molecule has 5 nitrogen and oxygen atoms in total. The highest BCUT2D eigenvalue weighted by atomic mass is 35.5. The van der Waals surface area contributed by atoms with Crippen molar-refractivity contribution < 1.29 is 22.6 Å².